The van der Waals surface area contributed by atoms with Gasteiger partial charge in [-0.25, -0.2) is 0 Å². The van der Waals surface area contributed by atoms with Gasteiger partial charge in [-0.15, -0.1) is 0 Å². The number of methoxy groups -OCH3 is 2. The molecule has 0 unspecified atom stereocenters. The molecule has 12 nitrogen and oxygen atoms in total. The zero-order valence-electron chi connectivity index (χ0n) is 21.8. The fourth-order valence-electron chi connectivity index (χ4n) is 5.21. The van der Waals surface area contributed by atoms with Crippen LogP contribution in [0.1, 0.15) is 41.5 Å². The lowest BCUT2D eigenvalue weighted by molar-refractivity contribution is -0.311. The van der Waals surface area contributed by atoms with E-state index in [1.165, 1.54) is 14.2 Å². The van der Waals surface area contributed by atoms with Crippen LogP contribution in [0.2, 0.25) is 0 Å². The van der Waals surface area contributed by atoms with Gasteiger partial charge in [0.1, 0.15) is 48.8 Å². The molecule has 0 amide bonds. The molecule has 4 aliphatic heterocycles. The molecule has 0 bridgehead atoms. The van der Waals surface area contributed by atoms with E-state index < -0.39 is 78.8 Å². The van der Waals surface area contributed by atoms with Crippen molar-refractivity contribution in [1.82, 2.24) is 0 Å². The number of nitrogens with two attached hydrogens (primary N) is 1. The smallest absolute Gasteiger partial charge is 0.187 e. The van der Waals surface area contributed by atoms with Crippen molar-refractivity contribution in [2.45, 2.75) is 120 Å². The van der Waals surface area contributed by atoms with E-state index >= 15 is 0 Å². The zero-order valence-corrected chi connectivity index (χ0v) is 21.8. The molecule has 0 aliphatic carbocycles. The molecule has 0 aromatic heterocycles. The molecule has 4 heterocycles. The van der Waals surface area contributed by atoms with Crippen LogP contribution in [0, 0.1) is 0 Å². The molecule has 9 atom stereocenters. The zero-order chi connectivity index (χ0) is 25.8. The number of hydrogen-bond donors (Lipinski definition) is 2. The van der Waals surface area contributed by atoms with Crippen LogP contribution in [0.4, 0.5) is 0 Å². The Bertz CT molecular complexity index is 730. The first-order chi connectivity index (χ1) is 16.3. The molecule has 0 saturated carbocycles. The third-order valence-electron chi connectivity index (χ3n) is 6.60. The summed E-state index contributed by atoms with van der Waals surface area (Å²) in [6, 6.07) is 0. The number of aliphatic hydroxyl groups excluding tert-OH is 1. The van der Waals surface area contributed by atoms with Crippen LogP contribution in [0.3, 0.4) is 0 Å². The van der Waals surface area contributed by atoms with Crippen LogP contribution in [-0.2, 0) is 47.4 Å². The lowest BCUT2D eigenvalue weighted by Crippen LogP contribution is -2.61. The molecule has 0 aromatic rings. The topological polar surface area (TPSA) is 139 Å². The SMILES string of the molecule is COC(OC)[C@@H]1OC(C)(C)O[C@H]1[C@H](O[C@@H]1O[C@H](CN)[C@@H]2OC(C)(C)O[C@@H]2[C@H]1O)[C@H]1COC(C)(C)O1. The Balaban J connectivity index is 1.62. The first-order valence-electron chi connectivity index (χ1n) is 12.1. The predicted molar refractivity (Wildman–Crippen MR) is 119 cm³/mol. The third kappa shape index (κ3) is 5.69. The van der Waals surface area contributed by atoms with E-state index in [-0.39, 0.29) is 13.2 Å². The standard InChI is InChI=1S/C23H41NO11/c1-21(2)28-10-12(31-21)14(17-18(20(26-7)27-8)35-23(5,6)34-17)30-19-13(25)16-15(11(9-24)29-19)32-22(3,4)33-16/h11-20,25H,9-10,24H2,1-8H3/t11-,12-,13-,14-,15+,16-,17+,18-,19+/m1/s1. The summed E-state index contributed by atoms with van der Waals surface area (Å²) in [7, 11) is 3.04. The van der Waals surface area contributed by atoms with Crippen molar-refractivity contribution in [1.29, 1.82) is 0 Å². The fourth-order valence-corrected chi connectivity index (χ4v) is 5.21. The average molecular weight is 508 g/mol. The summed E-state index contributed by atoms with van der Waals surface area (Å²) in [5.41, 5.74) is 5.98. The van der Waals surface area contributed by atoms with Gasteiger partial charge in [0.05, 0.1) is 6.61 Å². The van der Waals surface area contributed by atoms with Crippen molar-refractivity contribution in [2.24, 2.45) is 5.73 Å². The summed E-state index contributed by atoms with van der Waals surface area (Å²) in [4.78, 5) is 0. The molecular formula is C23H41NO11. The van der Waals surface area contributed by atoms with Crippen molar-refractivity contribution < 1.29 is 52.5 Å². The van der Waals surface area contributed by atoms with Gasteiger partial charge in [-0.3, -0.25) is 0 Å². The largest absolute Gasteiger partial charge is 0.385 e. The maximum atomic E-state index is 11.2. The molecule has 4 rings (SSSR count). The van der Waals surface area contributed by atoms with Gasteiger partial charge < -0.3 is 58.2 Å². The summed E-state index contributed by atoms with van der Waals surface area (Å²) in [6.07, 6.45) is -7.49. The molecule has 4 fully saturated rings. The molecule has 4 saturated heterocycles. The summed E-state index contributed by atoms with van der Waals surface area (Å²) < 4.78 is 59.9. The van der Waals surface area contributed by atoms with Crippen LogP contribution in [-0.4, -0.2) is 111 Å². The average Bonchev–Trinajstić information content (AvgIpc) is 3.40. The van der Waals surface area contributed by atoms with Gasteiger partial charge in [0.15, 0.2) is 29.9 Å². The van der Waals surface area contributed by atoms with E-state index in [1.807, 2.05) is 13.8 Å². The van der Waals surface area contributed by atoms with Crippen LogP contribution >= 0.6 is 0 Å². The lowest BCUT2D eigenvalue weighted by atomic mass is 9.98. The molecule has 12 heteroatoms. The van der Waals surface area contributed by atoms with E-state index in [1.54, 1.807) is 27.7 Å². The molecule has 0 aromatic carbocycles. The highest BCUT2D eigenvalue weighted by Crippen LogP contribution is 2.41. The maximum absolute atomic E-state index is 11.2. The van der Waals surface area contributed by atoms with Gasteiger partial charge in [0, 0.05) is 20.8 Å². The lowest BCUT2D eigenvalue weighted by Gasteiger charge is -2.42. The fraction of sp³-hybridized carbons (Fsp3) is 1.00. The first-order valence-corrected chi connectivity index (χ1v) is 12.1. The number of ether oxygens (including phenoxy) is 10. The van der Waals surface area contributed by atoms with Gasteiger partial charge in [-0.1, -0.05) is 0 Å². The van der Waals surface area contributed by atoms with E-state index in [9.17, 15) is 5.11 Å². The second-order valence-corrected chi connectivity index (χ2v) is 10.7. The van der Waals surface area contributed by atoms with E-state index in [0.717, 1.165) is 0 Å². The summed E-state index contributed by atoms with van der Waals surface area (Å²) in [6.45, 7) is 11.2. The van der Waals surface area contributed by atoms with Crippen LogP contribution in [0.15, 0.2) is 0 Å². The third-order valence-corrected chi connectivity index (χ3v) is 6.60. The molecule has 0 spiro atoms. The number of fused-ring (bicyclic) bond motifs is 1. The molecule has 0 radical (unpaired) electrons. The normalized spacial score (nSPS) is 42.9. The Labute approximate surface area is 206 Å². The van der Waals surface area contributed by atoms with Crippen molar-refractivity contribution in [3.63, 3.8) is 0 Å². The van der Waals surface area contributed by atoms with Crippen LogP contribution in [0.25, 0.3) is 0 Å². The predicted octanol–water partition coefficient (Wildman–Crippen LogP) is 0.227. The van der Waals surface area contributed by atoms with Gasteiger partial charge in [0.25, 0.3) is 0 Å². The van der Waals surface area contributed by atoms with E-state index in [0.29, 0.717) is 0 Å². The Hall–Kier alpha value is -0.480. The summed E-state index contributed by atoms with van der Waals surface area (Å²) >= 11 is 0. The van der Waals surface area contributed by atoms with Crippen LogP contribution < -0.4 is 5.73 Å². The minimum Gasteiger partial charge on any atom is -0.385 e. The monoisotopic (exact) mass is 507 g/mol. The molecule has 204 valence electrons. The molecular weight excluding hydrogens is 466 g/mol. The quantitative estimate of drug-likeness (QED) is 0.435. The van der Waals surface area contributed by atoms with Gasteiger partial charge in [0.2, 0.25) is 0 Å². The molecule has 35 heavy (non-hydrogen) atoms. The highest BCUT2D eigenvalue weighted by molar-refractivity contribution is 4.99. The number of rotatable bonds is 8. The van der Waals surface area contributed by atoms with Crippen molar-refractivity contribution in [3.8, 4) is 0 Å². The second kappa shape index (κ2) is 10.0. The minimum absolute atomic E-state index is 0.155. The molecule has 4 aliphatic rings. The van der Waals surface area contributed by atoms with Crippen LogP contribution in [0.5, 0.6) is 0 Å². The van der Waals surface area contributed by atoms with Crippen molar-refractivity contribution in [3.05, 3.63) is 0 Å². The van der Waals surface area contributed by atoms with Gasteiger partial charge in [-0.2, -0.15) is 0 Å². The number of aliphatic hydroxyl groups is 1. The highest BCUT2D eigenvalue weighted by Gasteiger charge is 2.58. The summed E-state index contributed by atoms with van der Waals surface area (Å²) in [5.74, 6) is -2.68. The highest BCUT2D eigenvalue weighted by atomic mass is 16.8. The van der Waals surface area contributed by atoms with Gasteiger partial charge in [-0.05, 0) is 41.5 Å². The molecule has 3 N–H and O–H groups in total. The Morgan fingerprint density at radius 1 is 0.857 bits per heavy atom. The minimum atomic E-state index is -1.16. The van der Waals surface area contributed by atoms with Crippen molar-refractivity contribution in [2.75, 3.05) is 27.4 Å². The van der Waals surface area contributed by atoms with E-state index in [2.05, 4.69) is 0 Å². The van der Waals surface area contributed by atoms with Crippen molar-refractivity contribution >= 4 is 0 Å². The first kappa shape index (κ1) is 27.6. The Morgan fingerprint density at radius 2 is 1.46 bits per heavy atom. The maximum Gasteiger partial charge on any atom is 0.187 e. The summed E-state index contributed by atoms with van der Waals surface area (Å²) in [5, 5.41) is 11.2. The van der Waals surface area contributed by atoms with E-state index in [4.69, 9.17) is 53.1 Å². The number of hydrogen-bond acceptors (Lipinski definition) is 12. The second-order valence-electron chi connectivity index (χ2n) is 10.7. The Kier molecular flexibility index (Phi) is 7.88. The Morgan fingerprint density at radius 3 is 2.03 bits per heavy atom. The van der Waals surface area contributed by atoms with Gasteiger partial charge >= 0.3 is 0 Å².